The Morgan fingerprint density at radius 3 is 2.38 bits per heavy atom. The van der Waals surface area contributed by atoms with Gasteiger partial charge in [0.05, 0.1) is 10.7 Å². The van der Waals surface area contributed by atoms with Gasteiger partial charge in [-0.15, -0.1) is 11.3 Å². The van der Waals surface area contributed by atoms with E-state index in [2.05, 4.69) is 15.6 Å². The molecule has 5 nitrogen and oxygen atoms in total. The maximum Gasteiger partial charge on any atom is 0.225 e. The number of carbonyl (C=O) groups is 2. The largest absolute Gasteiger partial charge is 0.355 e. The topological polar surface area (TPSA) is 62.3 Å². The molecule has 2 amide bonds. The van der Waals surface area contributed by atoms with Crippen LogP contribution in [0.15, 0.2) is 5.38 Å². The number of aromatic nitrogens is 1. The number of thiazole rings is 1. The molecule has 4 rings (SSSR count). The van der Waals surface area contributed by atoms with Crippen LogP contribution in [0.25, 0.3) is 0 Å². The lowest BCUT2D eigenvalue weighted by Crippen LogP contribution is -2.43. The highest BCUT2D eigenvalue weighted by Crippen LogP contribution is 2.33. The summed E-state index contributed by atoms with van der Waals surface area (Å²) in [4.78, 5) is 31.1. The van der Waals surface area contributed by atoms with Crippen LogP contribution in [0.1, 0.15) is 68.0 Å². The van der Waals surface area contributed by atoms with Crippen molar-refractivity contribution in [1.82, 2.24) is 15.2 Å². The first-order chi connectivity index (χ1) is 12.7. The van der Waals surface area contributed by atoms with Gasteiger partial charge >= 0.3 is 0 Å². The predicted octanol–water partition coefficient (Wildman–Crippen LogP) is 3.11. The van der Waals surface area contributed by atoms with E-state index in [0.29, 0.717) is 24.3 Å². The standard InChI is InChI=1S/C20H29N3O2S/c24-18(14-3-1-4-14)21-10-7-17-13-26-19(22-17)15-8-11-23(12-9-15)20(25)16-5-2-6-16/h13-16H,1-12H2,(H,21,24). The van der Waals surface area contributed by atoms with E-state index in [1.54, 1.807) is 11.3 Å². The molecule has 0 spiro atoms. The maximum absolute atomic E-state index is 12.4. The molecule has 0 unspecified atom stereocenters. The number of nitrogens with one attached hydrogen (secondary N) is 1. The highest BCUT2D eigenvalue weighted by Gasteiger charge is 2.32. The third kappa shape index (κ3) is 3.95. The van der Waals surface area contributed by atoms with Crippen LogP contribution in [0.5, 0.6) is 0 Å². The van der Waals surface area contributed by atoms with Crippen LogP contribution in [-0.4, -0.2) is 41.3 Å². The Kier molecular flexibility index (Phi) is 5.57. The molecular weight excluding hydrogens is 346 g/mol. The van der Waals surface area contributed by atoms with Gasteiger partial charge in [-0.25, -0.2) is 4.98 Å². The number of hydrogen-bond donors (Lipinski definition) is 1. The second-order valence-corrected chi connectivity index (χ2v) is 8.96. The molecule has 2 heterocycles. The Morgan fingerprint density at radius 2 is 1.77 bits per heavy atom. The first-order valence-corrected chi connectivity index (χ1v) is 11.1. The number of amides is 2. The Morgan fingerprint density at radius 1 is 1.08 bits per heavy atom. The van der Waals surface area contributed by atoms with E-state index in [0.717, 1.165) is 63.7 Å². The van der Waals surface area contributed by atoms with E-state index >= 15 is 0 Å². The lowest BCUT2D eigenvalue weighted by molar-refractivity contribution is -0.139. The van der Waals surface area contributed by atoms with Crippen molar-refractivity contribution >= 4 is 23.2 Å². The molecule has 3 aliphatic rings. The molecule has 1 aromatic rings. The van der Waals surface area contributed by atoms with Gasteiger partial charge in [-0.05, 0) is 38.5 Å². The minimum Gasteiger partial charge on any atom is -0.355 e. The van der Waals surface area contributed by atoms with Crippen molar-refractivity contribution in [3.63, 3.8) is 0 Å². The summed E-state index contributed by atoms with van der Waals surface area (Å²) in [6.45, 7) is 2.45. The molecule has 1 aliphatic heterocycles. The van der Waals surface area contributed by atoms with Crippen LogP contribution in [-0.2, 0) is 16.0 Å². The highest BCUT2D eigenvalue weighted by molar-refractivity contribution is 7.09. The maximum atomic E-state index is 12.4. The molecule has 1 N–H and O–H groups in total. The van der Waals surface area contributed by atoms with Gasteiger partial charge in [0.1, 0.15) is 0 Å². The van der Waals surface area contributed by atoms with E-state index in [9.17, 15) is 9.59 Å². The van der Waals surface area contributed by atoms with Crippen LogP contribution in [0.2, 0.25) is 0 Å². The fourth-order valence-electron chi connectivity index (χ4n) is 4.01. The number of nitrogens with zero attached hydrogens (tertiary/aromatic N) is 2. The molecule has 2 saturated carbocycles. The van der Waals surface area contributed by atoms with Crippen molar-refractivity contribution in [3.05, 3.63) is 16.1 Å². The molecule has 0 radical (unpaired) electrons. The number of rotatable bonds is 6. The van der Waals surface area contributed by atoms with Crippen LogP contribution >= 0.6 is 11.3 Å². The number of hydrogen-bond acceptors (Lipinski definition) is 4. The fourth-order valence-corrected chi connectivity index (χ4v) is 5.04. The average Bonchev–Trinajstić information content (AvgIpc) is 3.00. The van der Waals surface area contributed by atoms with E-state index < -0.39 is 0 Å². The SMILES string of the molecule is O=C(NCCc1csc(C2CCN(C(=O)C3CCC3)CC2)n1)C1CCC1. The molecule has 2 aliphatic carbocycles. The zero-order chi connectivity index (χ0) is 17.9. The molecule has 0 atom stereocenters. The summed E-state index contributed by atoms with van der Waals surface area (Å²) in [5.41, 5.74) is 1.09. The van der Waals surface area contributed by atoms with Gasteiger partial charge in [-0.3, -0.25) is 9.59 Å². The number of likely N-dealkylation sites (tertiary alicyclic amines) is 1. The smallest absolute Gasteiger partial charge is 0.225 e. The van der Waals surface area contributed by atoms with Gasteiger partial charge in [0, 0.05) is 49.2 Å². The number of carbonyl (C=O) groups excluding carboxylic acids is 2. The quantitative estimate of drug-likeness (QED) is 0.831. The predicted molar refractivity (Wildman–Crippen MR) is 102 cm³/mol. The van der Waals surface area contributed by atoms with Crippen molar-refractivity contribution in [2.45, 2.75) is 63.7 Å². The normalized spacial score (nSPS) is 21.9. The third-order valence-corrected chi connectivity index (χ3v) is 7.39. The minimum atomic E-state index is 0.218. The zero-order valence-corrected chi connectivity index (χ0v) is 16.2. The summed E-state index contributed by atoms with van der Waals surface area (Å²) in [6, 6.07) is 0. The second-order valence-electron chi connectivity index (χ2n) is 8.07. The van der Waals surface area contributed by atoms with E-state index in [1.807, 2.05) is 0 Å². The summed E-state index contributed by atoms with van der Waals surface area (Å²) in [5.74, 6) is 1.66. The summed E-state index contributed by atoms with van der Waals surface area (Å²) >= 11 is 1.74. The van der Waals surface area contributed by atoms with Gasteiger partial charge in [0.2, 0.25) is 11.8 Å². The van der Waals surface area contributed by atoms with Crippen LogP contribution in [0.3, 0.4) is 0 Å². The Balaban J connectivity index is 1.20. The van der Waals surface area contributed by atoms with Crippen molar-refractivity contribution in [3.8, 4) is 0 Å². The lowest BCUT2D eigenvalue weighted by Gasteiger charge is -2.36. The molecule has 26 heavy (non-hydrogen) atoms. The monoisotopic (exact) mass is 375 g/mol. The van der Waals surface area contributed by atoms with Gasteiger partial charge in [-0.2, -0.15) is 0 Å². The van der Waals surface area contributed by atoms with Gasteiger partial charge in [0.25, 0.3) is 0 Å². The summed E-state index contributed by atoms with van der Waals surface area (Å²) in [6.07, 6.45) is 9.57. The van der Waals surface area contributed by atoms with E-state index in [4.69, 9.17) is 4.98 Å². The Bertz CT molecular complexity index is 643. The van der Waals surface area contributed by atoms with Gasteiger partial charge in [0.15, 0.2) is 0 Å². The lowest BCUT2D eigenvalue weighted by atomic mass is 9.83. The van der Waals surface area contributed by atoms with Crippen molar-refractivity contribution in [2.75, 3.05) is 19.6 Å². The average molecular weight is 376 g/mol. The molecular formula is C20H29N3O2S. The molecule has 1 saturated heterocycles. The highest BCUT2D eigenvalue weighted by atomic mass is 32.1. The van der Waals surface area contributed by atoms with Gasteiger partial charge in [-0.1, -0.05) is 12.8 Å². The Labute approximate surface area is 159 Å². The van der Waals surface area contributed by atoms with Crippen LogP contribution in [0.4, 0.5) is 0 Å². The first kappa shape index (κ1) is 18.0. The van der Waals surface area contributed by atoms with Crippen molar-refractivity contribution in [2.24, 2.45) is 11.8 Å². The second kappa shape index (κ2) is 8.07. The number of piperidine rings is 1. The summed E-state index contributed by atoms with van der Waals surface area (Å²) < 4.78 is 0. The summed E-state index contributed by atoms with van der Waals surface area (Å²) in [5, 5.41) is 6.39. The van der Waals surface area contributed by atoms with Crippen LogP contribution in [0, 0.1) is 11.8 Å². The Hall–Kier alpha value is -1.43. The molecule has 3 fully saturated rings. The molecule has 6 heteroatoms. The molecule has 1 aromatic heterocycles. The van der Waals surface area contributed by atoms with Crippen molar-refractivity contribution in [1.29, 1.82) is 0 Å². The van der Waals surface area contributed by atoms with Gasteiger partial charge < -0.3 is 10.2 Å². The fraction of sp³-hybridized carbons (Fsp3) is 0.750. The van der Waals surface area contributed by atoms with Crippen LogP contribution < -0.4 is 5.32 Å². The summed E-state index contributed by atoms with van der Waals surface area (Å²) in [7, 11) is 0. The minimum absolute atomic E-state index is 0.218. The molecule has 142 valence electrons. The van der Waals surface area contributed by atoms with E-state index in [1.165, 1.54) is 17.8 Å². The van der Waals surface area contributed by atoms with Crippen molar-refractivity contribution < 1.29 is 9.59 Å². The van der Waals surface area contributed by atoms with E-state index in [-0.39, 0.29) is 11.8 Å². The molecule has 0 bridgehead atoms. The third-order valence-electron chi connectivity index (χ3n) is 6.34. The molecule has 0 aromatic carbocycles. The zero-order valence-electron chi connectivity index (χ0n) is 15.4. The first-order valence-electron chi connectivity index (χ1n) is 10.2.